The van der Waals surface area contributed by atoms with Gasteiger partial charge in [-0.1, -0.05) is 13.3 Å². The third kappa shape index (κ3) is 2.45. The lowest BCUT2D eigenvalue weighted by molar-refractivity contribution is 0.186. The van der Waals surface area contributed by atoms with Crippen LogP contribution in [0.25, 0.3) is 0 Å². The Hall–Kier alpha value is 0.137. The van der Waals surface area contributed by atoms with E-state index in [9.17, 15) is 0 Å². The molecular weight excluding hydrogens is 120 g/mol. The second kappa shape index (κ2) is 3.22. The summed E-state index contributed by atoms with van der Waals surface area (Å²) in [6.07, 6.45) is 1.48. The van der Waals surface area contributed by atoms with Gasteiger partial charge in [0.2, 0.25) is 0 Å². The maximum atomic E-state index is 5.31. The zero-order valence-corrected chi connectivity index (χ0v) is 6.64. The fourth-order valence-corrected chi connectivity index (χ4v) is 1.41. The van der Waals surface area contributed by atoms with Crippen LogP contribution < -0.4 is 0 Å². The highest BCUT2D eigenvalue weighted by Gasteiger charge is 2.21. The molecule has 48 valence electrons. The second-order valence-corrected chi connectivity index (χ2v) is 3.44. The minimum atomic E-state index is -0.199. The van der Waals surface area contributed by atoms with E-state index in [4.69, 9.17) is 9.16 Å². The van der Waals surface area contributed by atoms with Crippen LogP contribution in [0.3, 0.4) is 0 Å². The first-order valence-corrected chi connectivity index (χ1v) is 4.74. The van der Waals surface area contributed by atoms with E-state index in [2.05, 4.69) is 6.92 Å². The van der Waals surface area contributed by atoms with Gasteiger partial charge in [-0.2, -0.15) is 0 Å². The molecule has 1 aliphatic heterocycles. The summed E-state index contributed by atoms with van der Waals surface area (Å²) in [7, 11) is -0.199. The smallest absolute Gasteiger partial charge is 0.171 e. The molecule has 1 aliphatic rings. The van der Waals surface area contributed by atoms with Crippen molar-refractivity contribution in [1.82, 2.24) is 0 Å². The van der Waals surface area contributed by atoms with Crippen LogP contribution in [0.1, 0.15) is 13.3 Å². The number of hydrogen-bond acceptors (Lipinski definition) is 2. The average Bonchev–Trinajstić information content (AvgIpc) is 2.51. The third-order valence-electron chi connectivity index (χ3n) is 1.10. The molecule has 1 atom stereocenters. The summed E-state index contributed by atoms with van der Waals surface area (Å²) < 4.78 is 10.2. The molecule has 1 saturated heterocycles. The van der Waals surface area contributed by atoms with Crippen LogP contribution in [0, 0.1) is 0 Å². The molecule has 2 nitrogen and oxygen atoms in total. The van der Waals surface area contributed by atoms with E-state index in [1.165, 1.54) is 12.5 Å². The van der Waals surface area contributed by atoms with E-state index in [1.807, 2.05) is 0 Å². The summed E-state index contributed by atoms with van der Waals surface area (Å²) in [6.45, 7) is 3.03. The van der Waals surface area contributed by atoms with E-state index in [0.29, 0.717) is 0 Å². The van der Waals surface area contributed by atoms with Gasteiger partial charge in [0.05, 0.1) is 6.61 Å². The highest BCUT2D eigenvalue weighted by Crippen LogP contribution is 2.09. The number of epoxide rings is 1. The van der Waals surface area contributed by atoms with Gasteiger partial charge >= 0.3 is 0 Å². The Morgan fingerprint density at radius 1 is 1.88 bits per heavy atom. The quantitative estimate of drug-likeness (QED) is 0.311. The maximum Gasteiger partial charge on any atom is 0.171 e. The molecule has 0 aliphatic carbocycles. The first kappa shape index (κ1) is 6.26. The number of rotatable bonds is 4. The Kier molecular flexibility index (Phi) is 2.52. The van der Waals surface area contributed by atoms with Crippen molar-refractivity contribution < 1.29 is 9.16 Å². The van der Waals surface area contributed by atoms with Crippen molar-refractivity contribution >= 4 is 9.76 Å². The van der Waals surface area contributed by atoms with Gasteiger partial charge < -0.3 is 9.16 Å². The van der Waals surface area contributed by atoms with Gasteiger partial charge in [-0.3, -0.25) is 0 Å². The van der Waals surface area contributed by atoms with Gasteiger partial charge in [0.1, 0.15) is 0 Å². The van der Waals surface area contributed by atoms with Crippen molar-refractivity contribution in [2.75, 3.05) is 6.61 Å². The van der Waals surface area contributed by atoms with Crippen molar-refractivity contribution in [1.29, 1.82) is 0 Å². The van der Waals surface area contributed by atoms with Crippen LogP contribution in [0.2, 0.25) is 6.04 Å². The van der Waals surface area contributed by atoms with E-state index in [1.54, 1.807) is 0 Å². The maximum absolute atomic E-state index is 5.31. The Morgan fingerprint density at radius 2 is 2.62 bits per heavy atom. The zero-order valence-electron chi connectivity index (χ0n) is 5.22. The molecule has 1 fully saturated rings. The molecule has 3 heteroatoms. The molecule has 0 bridgehead atoms. The van der Waals surface area contributed by atoms with Crippen LogP contribution in [0.4, 0.5) is 0 Å². The molecule has 0 saturated carbocycles. The Morgan fingerprint density at radius 3 is 3.12 bits per heavy atom. The molecule has 8 heavy (non-hydrogen) atoms. The predicted octanol–water partition coefficient (Wildman–Crippen LogP) is 0.271. The van der Waals surface area contributed by atoms with E-state index in [0.717, 1.165) is 6.61 Å². The lowest BCUT2D eigenvalue weighted by Gasteiger charge is -1.93. The molecular formula is C5H12O2Si. The van der Waals surface area contributed by atoms with Crippen molar-refractivity contribution in [3.63, 3.8) is 0 Å². The number of ether oxygens (including phenoxy) is 1. The molecule has 1 heterocycles. The molecule has 0 amide bonds. The largest absolute Gasteiger partial charge is 0.398 e. The van der Waals surface area contributed by atoms with Gasteiger partial charge in [-0.25, -0.2) is 0 Å². The fraction of sp³-hybridized carbons (Fsp3) is 1.00. The molecule has 0 radical (unpaired) electrons. The molecule has 0 spiro atoms. The minimum absolute atomic E-state index is 0.199. The SMILES string of the molecule is CCC[SiH2]OC1CO1. The van der Waals surface area contributed by atoms with Crippen LogP contribution in [-0.2, 0) is 9.16 Å². The molecule has 0 N–H and O–H groups in total. The van der Waals surface area contributed by atoms with Gasteiger partial charge in [0.25, 0.3) is 0 Å². The third-order valence-corrected chi connectivity index (χ3v) is 2.71. The summed E-state index contributed by atoms with van der Waals surface area (Å²) in [5.41, 5.74) is 0. The van der Waals surface area contributed by atoms with Gasteiger partial charge in [-0.15, -0.1) is 0 Å². The van der Waals surface area contributed by atoms with E-state index >= 15 is 0 Å². The van der Waals surface area contributed by atoms with Crippen LogP contribution in [0.15, 0.2) is 0 Å². The van der Waals surface area contributed by atoms with Crippen molar-refractivity contribution in [3.05, 3.63) is 0 Å². The Balaban J connectivity index is 1.74. The molecule has 0 aromatic rings. The standard InChI is InChI=1S/C5H12O2Si/c1-2-3-8-7-5-4-6-5/h5H,2-4,8H2,1H3. The lowest BCUT2D eigenvalue weighted by Crippen LogP contribution is -1.99. The molecule has 1 unspecified atom stereocenters. The number of hydrogen-bond donors (Lipinski definition) is 0. The highest BCUT2D eigenvalue weighted by atomic mass is 28.2. The topological polar surface area (TPSA) is 21.8 Å². The predicted molar refractivity (Wildman–Crippen MR) is 34.5 cm³/mol. The summed E-state index contributed by atoms with van der Waals surface area (Å²) in [6, 6.07) is 1.29. The Labute approximate surface area is 52.1 Å². The van der Waals surface area contributed by atoms with Gasteiger partial charge in [-0.05, 0) is 6.04 Å². The Bertz CT molecular complexity index is 63.4. The summed E-state index contributed by atoms with van der Waals surface area (Å²) in [5.74, 6) is 0. The summed E-state index contributed by atoms with van der Waals surface area (Å²) in [5, 5.41) is 0. The highest BCUT2D eigenvalue weighted by molar-refractivity contribution is 6.27. The van der Waals surface area contributed by atoms with E-state index in [-0.39, 0.29) is 16.1 Å². The van der Waals surface area contributed by atoms with Crippen molar-refractivity contribution in [2.45, 2.75) is 25.7 Å². The first-order chi connectivity index (χ1) is 3.93. The second-order valence-electron chi connectivity index (χ2n) is 1.99. The first-order valence-electron chi connectivity index (χ1n) is 3.16. The molecule has 0 aromatic heterocycles. The van der Waals surface area contributed by atoms with E-state index < -0.39 is 0 Å². The van der Waals surface area contributed by atoms with Gasteiger partial charge in [0.15, 0.2) is 16.1 Å². The van der Waals surface area contributed by atoms with Crippen molar-refractivity contribution in [2.24, 2.45) is 0 Å². The van der Waals surface area contributed by atoms with Crippen molar-refractivity contribution in [3.8, 4) is 0 Å². The van der Waals surface area contributed by atoms with Gasteiger partial charge in [0, 0.05) is 0 Å². The van der Waals surface area contributed by atoms with Crippen LogP contribution >= 0.6 is 0 Å². The lowest BCUT2D eigenvalue weighted by atomic mass is 10.6. The van der Waals surface area contributed by atoms with Crippen LogP contribution in [-0.4, -0.2) is 22.7 Å². The average molecular weight is 132 g/mol. The fourth-order valence-electron chi connectivity index (χ4n) is 0.495. The normalized spacial score (nSPS) is 27.4. The zero-order chi connectivity index (χ0) is 5.82. The summed E-state index contributed by atoms with van der Waals surface area (Å²) in [4.78, 5) is 0. The summed E-state index contributed by atoms with van der Waals surface area (Å²) >= 11 is 0. The molecule has 1 rings (SSSR count). The molecule has 0 aromatic carbocycles. The monoisotopic (exact) mass is 132 g/mol. The van der Waals surface area contributed by atoms with Crippen LogP contribution in [0.5, 0.6) is 0 Å². The minimum Gasteiger partial charge on any atom is -0.398 e.